The number of rotatable bonds is 8. The fourth-order valence-corrected chi connectivity index (χ4v) is 4.51. The van der Waals surface area contributed by atoms with Crippen LogP contribution in [-0.4, -0.2) is 73.3 Å². The monoisotopic (exact) mass is 474 g/mol. The number of aliphatic hydroxyl groups is 1. The van der Waals surface area contributed by atoms with Gasteiger partial charge in [0.2, 0.25) is 13.1 Å². The SMILES string of the molecule is CC(C)(C)[C@H]1C=C(C(=O)N2CCN(Cc3ccc4c(c3)OCO4)CC2)O[C@@H](OCCCCO)C1. The molecule has 0 radical (unpaired) electrons. The lowest BCUT2D eigenvalue weighted by Crippen LogP contribution is -2.49. The smallest absolute Gasteiger partial charge is 0.288 e. The molecule has 1 fully saturated rings. The molecule has 3 heterocycles. The van der Waals surface area contributed by atoms with Gasteiger partial charge in [-0.3, -0.25) is 9.69 Å². The van der Waals surface area contributed by atoms with Gasteiger partial charge in [-0.2, -0.15) is 0 Å². The molecule has 4 rings (SSSR count). The van der Waals surface area contributed by atoms with E-state index >= 15 is 0 Å². The number of aliphatic hydroxyl groups excluding tert-OH is 1. The number of nitrogens with zero attached hydrogens (tertiary/aromatic N) is 2. The Kier molecular flexibility index (Phi) is 8.01. The molecule has 1 amide bonds. The van der Waals surface area contributed by atoms with Crippen molar-refractivity contribution in [3.05, 3.63) is 35.6 Å². The maximum Gasteiger partial charge on any atom is 0.288 e. The average molecular weight is 475 g/mol. The standard InChI is InChI=1S/C26H38N2O6/c1-26(2,3)20-15-23(34-24(16-20)31-13-5-4-12-29)25(30)28-10-8-27(9-11-28)17-19-6-7-21-22(14-19)33-18-32-21/h6-7,14-15,20,24,29H,4-5,8-13,16-18H2,1-3H3/t20-,24+/m0/s1. The highest BCUT2D eigenvalue weighted by molar-refractivity contribution is 5.91. The Morgan fingerprint density at radius 1 is 1.12 bits per heavy atom. The van der Waals surface area contributed by atoms with Gasteiger partial charge < -0.3 is 29.0 Å². The number of piperazine rings is 1. The number of amides is 1. The van der Waals surface area contributed by atoms with Crippen LogP contribution in [0.25, 0.3) is 0 Å². The minimum absolute atomic E-state index is 0.00529. The minimum Gasteiger partial charge on any atom is -0.459 e. The molecule has 0 bridgehead atoms. The van der Waals surface area contributed by atoms with Crippen molar-refractivity contribution < 1.29 is 28.8 Å². The van der Waals surface area contributed by atoms with E-state index in [4.69, 9.17) is 24.1 Å². The maximum absolute atomic E-state index is 13.3. The number of hydrogen-bond donors (Lipinski definition) is 1. The first-order valence-corrected chi connectivity index (χ1v) is 12.3. The van der Waals surface area contributed by atoms with Crippen molar-refractivity contribution in [3.63, 3.8) is 0 Å². The van der Waals surface area contributed by atoms with Crippen molar-refractivity contribution in [2.75, 3.05) is 46.2 Å². The summed E-state index contributed by atoms with van der Waals surface area (Å²) in [4.78, 5) is 17.6. The predicted octanol–water partition coefficient (Wildman–Crippen LogP) is 3.14. The molecule has 3 aliphatic heterocycles. The van der Waals surface area contributed by atoms with E-state index in [1.165, 1.54) is 5.56 Å². The molecule has 1 aromatic rings. The van der Waals surface area contributed by atoms with E-state index in [9.17, 15) is 4.79 Å². The van der Waals surface area contributed by atoms with Gasteiger partial charge in [0.05, 0.1) is 6.61 Å². The van der Waals surface area contributed by atoms with Crippen LogP contribution >= 0.6 is 0 Å². The number of allylic oxidation sites excluding steroid dienone is 1. The molecule has 1 N–H and O–H groups in total. The third-order valence-electron chi connectivity index (χ3n) is 6.74. The van der Waals surface area contributed by atoms with E-state index in [1.54, 1.807) is 0 Å². The van der Waals surface area contributed by atoms with E-state index in [-0.39, 0.29) is 30.6 Å². The maximum atomic E-state index is 13.3. The fraction of sp³-hybridized carbons (Fsp3) is 0.654. The van der Waals surface area contributed by atoms with E-state index in [1.807, 2.05) is 23.1 Å². The van der Waals surface area contributed by atoms with Crippen LogP contribution in [0, 0.1) is 11.3 Å². The lowest BCUT2D eigenvalue weighted by atomic mass is 9.77. The fourth-order valence-electron chi connectivity index (χ4n) is 4.51. The van der Waals surface area contributed by atoms with Gasteiger partial charge in [0.15, 0.2) is 17.3 Å². The molecule has 8 heteroatoms. The van der Waals surface area contributed by atoms with Crippen molar-refractivity contribution in [2.45, 2.75) is 52.9 Å². The summed E-state index contributed by atoms with van der Waals surface area (Å²) in [6.07, 6.45) is 3.76. The number of carbonyl (C=O) groups excluding carboxylic acids is 1. The lowest BCUT2D eigenvalue weighted by Gasteiger charge is -2.39. The number of fused-ring (bicyclic) bond motifs is 1. The van der Waals surface area contributed by atoms with Crippen LogP contribution in [-0.2, 0) is 20.8 Å². The zero-order valence-corrected chi connectivity index (χ0v) is 20.6. The third-order valence-corrected chi connectivity index (χ3v) is 6.74. The Balaban J connectivity index is 1.32. The van der Waals surface area contributed by atoms with Gasteiger partial charge in [0.25, 0.3) is 5.91 Å². The van der Waals surface area contributed by atoms with Crippen LogP contribution in [0.4, 0.5) is 0 Å². The summed E-state index contributed by atoms with van der Waals surface area (Å²) < 4.78 is 22.8. The van der Waals surface area contributed by atoms with Crippen LogP contribution in [0.2, 0.25) is 0 Å². The van der Waals surface area contributed by atoms with Crippen LogP contribution in [0.5, 0.6) is 11.5 Å². The van der Waals surface area contributed by atoms with Gasteiger partial charge >= 0.3 is 0 Å². The average Bonchev–Trinajstić information content (AvgIpc) is 3.29. The van der Waals surface area contributed by atoms with Crippen molar-refractivity contribution in [1.82, 2.24) is 9.80 Å². The van der Waals surface area contributed by atoms with Gasteiger partial charge in [0.1, 0.15) is 0 Å². The second kappa shape index (κ2) is 11.0. The number of benzene rings is 1. The van der Waals surface area contributed by atoms with Gasteiger partial charge in [0, 0.05) is 45.8 Å². The summed E-state index contributed by atoms with van der Waals surface area (Å²) in [6.45, 7) is 11.2. The zero-order chi connectivity index (χ0) is 24.1. The summed E-state index contributed by atoms with van der Waals surface area (Å²) in [5.41, 5.74) is 1.18. The van der Waals surface area contributed by atoms with Crippen LogP contribution < -0.4 is 9.47 Å². The van der Waals surface area contributed by atoms with Crippen molar-refractivity contribution in [3.8, 4) is 11.5 Å². The van der Waals surface area contributed by atoms with Gasteiger partial charge in [-0.1, -0.05) is 26.8 Å². The molecule has 188 valence electrons. The summed E-state index contributed by atoms with van der Waals surface area (Å²) in [5, 5.41) is 8.99. The summed E-state index contributed by atoms with van der Waals surface area (Å²) in [6, 6.07) is 6.06. The lowest BCUT2D eigenvalue weighted by molar-refractivity contribution is -0.159. The first-order chi connectivity index (χ1) is 16.3. The Hall–Kier alpha value is -2.29. The van der Waals surface area contributed by atoms with E-state index in [0.717, 1.165) is 44.0 Å². The second-order valence-electron chi connectivity index (χ2n) is 10.3. The predicted molar refractivity (Wildman–Crippen MR) is 127 cm³/mol. The van der Waals surface area contributed by atoms with Gasteiger partial charge in [-0.15, -0.1) is 0 Å². The van der Waals surface area contributed by atoms with Crippen molar-refractivity contribution in [2.24, 2.45) is 11.3 Å². The zero-order valence-electron chi connectivity index (χ0n) is 20.6. The first kappa shape index (κ1) is 24.8. The van der Waals surface area contributed by atoms with E-state index in [0.29, 0.717) is 31.9 Å². The quantitative estimate of drug-likeness (QED) is 0.580. The Morgan fingerprint density at radius 3 is 2.62 bits per heavy atom. The molecule has 2 atom stereocenters. The van der Waals surface area contributed by atoms with Crippen LogP contribution in [0.1, 0.15) is 45.6 Å². The van der Waals surface area contributed by atoms with E-state index in [2.05, 4.69) is 31.7 Å². The normalized spacial score (nSPS) is 22.9. The van der Waals surface area contributed by atoms with Gasteiger partial charge in [-0.05, 0) is 47.9 Å². The summed E-state index contributed by atoms with van der Waals surface area (Å²) >= 11 is 0. The van der Waals surface area contributed by atoms with Crippen LogP contribution in [0.15, 0.2) is 30.0 Å². The highest BCUT2D eigenvalue weighted by Crippen LogP contribution is 2.37. The largest absolute Gasteiger partial charge is 0.459 e. The molecule has 1 saturated heterocycles. The van der Waals surface area contributed by atoms with E-state index < -0.39 is 6.29 Å². The molecular weight excluding hydrogens is 436 g/mol. The number of hydrogen-bond acceptors (Lipinski definition) is 7. The minimum atomic E-state index is -0.431. The Bertz CT molecular complexity index is 873. The molecule has 3 aliphatic rings. The molecule has 34 heavy (non-hydrogen) atoms. The topological polar surface area (TPSA) is 80.7 Å². The second-order valence-corrected chi connectivity index (χ2v) is 10.3. The molecule has 0 aromatic heterocycles. The third kappa shape index (κ3) is 6.23. The first-order valence-electron chi connectivity index (χ1n) is 12.3. The van der Waals surface area contributed by atoms with Gasteiger partial charge in [-0.25, -0.2) is 0 Å². The molecule has 0 saturated carbocycles. The molecule has 8 nitrogen and oxygen atoms in total. The number of carbonyl (C=O) groups is 1. The highest BCUT2D eigenvalue weighted by atomic mass is 16.7. The number of ether oxygens (including phenoxy) is 4. The molecule has 0 aliphatic carbocycles. The Morgan fingerprint density at radius 2 is 1.88 bits per heavy atom. The molecular formula is C26H38N2O6. The summed E-state index contributed by atoms with van der Waals surface area (Å²) in [5.74, 6) is 2.14. The molecule has 1 aromatic carbocycles. The van der Waals surface area contributed by atoms with Crippen molar-refractivity contribution >= 4 is 5.91 Å². The molecule has 0 unspecified atom stereocenters. The van der Waals surface area contributed by atoms with Crippen molar-refractivity contribution in [1.29, 1.82) is 0 Å². The highest BCUT2D eigenvalue weighted by Gasteiger charge is 2.36. The number of unbranched alkanes of at least 4 members (excludes halogenated alkanes) is 1. The summed E-state index contributed by atoms with van der Waals surface area (Å²) in [7, 11) is 0. The molecule has 0 spiro atoms. The Labute approximate surface area is 202 Å². The van der Waals surface area contributed by atoms with Crippen LogP contribution in [0.3, 0.4) is 0 Å².